The molecule has 0 bridgehead atoms. The van der Waals surface area contributed by atoms with Crippen molar-refractivity contribution in [1.82, 2.24) is 14.7 Å². The highest BCUT2D eigenvalue weighted by molar-refractivity contribution is 5.80. The molecular weight excluding hydrogens is 266 g/mol. The summed E-state index contributed by atoms with van der Waals surface area (Å²) in [7, 11) is 1.85. The highest BCUT2D eigenvalue weighted by atomic mass is 16.5. The molecule has 2 heterocycles. The average Bonchev–Trinajstić information content (AvgIpc) is 2.75. The minimum Gasteiger partial charge on any atom is -0.368 e. The van der Waals surface area contributed by atoms with E-state index in [1.807, 2.05) is 18.7 Å². The standard InChI is InChI=1S/C16H27N3O2/c1-11(2)19-13(4)14(12(3)17-19)10-18(5)16(20)15-8-6-7-9-21-15/h11,15H,6-10H2,1-5H3. The molecular formula is C16H27N3O2. The Morgan fingerprint density at radius 2 is 2.14 bits per heavy atom. The van der Waals surface area contributed by atoms with Gasteiger partial charge < -0.3 is 9.64 Å². The topological polar surface area (TPSA) is 47.4 Å². The van der Waals surface area contributed by atoms with Gasteiger partial charge in [0, 0.05) is 37.5 Å². The second-order valence-corrected chi connectivity index (χ2v) is 6.24. The van der Waals surface area contributed by atoms with E-state index in [0.717, 1.165) is 36.2 Å². The molecule has 1 aromatic rings. The normalized spacial score (nSPS) is 19.0. The summed E-state index contributed by atoms with van der Waals surface area (Å²) in [5, 5.41) is 4.58. The minimum absolute atomic E-state index is 0.0887. The van der Waals surface area contributed by atoms with E-state index < -0.39 is 0 Å². The number of aromatic nitrogens is 2. The molecule has 0 N–H and O–H groups in total. The first-order valence-electron chi connectivity index (χ1n) is 7.83. The van der Waals surface area contributed by atoms with Gasteiger partial charge in [-0.15, -0.1) is 0 Å². The molecule has 1 aliphatic heterocycles. The van der Waals surface area contributed by atoms with Crippen LogP contribution in [0.4, 0.5) is 0 Å². The first-order chi connectivity index (χ1) is 9.91. The van der Waals surface area contributed by atoms with Crippen LogP contribution < -0.4 is 0 Å². The molecule has 0 spiro atoms. The van der Waals surface area contributed by atoms with Crippen LogP contribution >= 0.6 is 0 Å². The Morgan fingerprint density at radius 1 is 1.43 bits per heavy atom. The first-order valence-corrected chi connectivity index (χ1v) is 7.83. The Hall–Kier alpha value is -1.36. The molecule has 0 aromatic carbocycles. The van der Waals surface area contributed by atoms with Crippen molar-refractivity contribution in [3.05, 3.63) is 17.0 Å². The van der Waals surface area contributed by atoms with Gasteiger partial charge in [-0.05, 0) is 47.0 Å². The molecule has 1 aromatic heterocycles. The van der Waals surface area contributed by atoms with Crippen molar-refractivity contribution in [2.24, 2.45) is 0 Å². The number of hydrogen-bond acceptors (Lipinski definition) is 3. The van der Waals surface area contributed by atoms with Crippen LogP contribution in [0, 0.1) is 13.8 Å². The molecule has 5 nitrogen and oxygen atoms in total. The Morgan fingerprint density at radius 3 is 2.67 bits per heavy atom. The molecule has 1 fully saturated rings. The van der Waals surface area contributed by atoms with E-state index in [0.29, 0.717) is 19.2 Å². The maximum absolute atomic E-state index is 12.4. The highest BCUT2D eigenvalue weighted by Crippen LogP contribution is 2.20. The quantitative estimate of drug-likeness (QED) is 0.857. The summed E-state index contributed by atoms with van der Waals surface area (Å²) in [6.45, 7) is 9.62. The van der Waals surface area contributed by atoms with Crippen LogP contribution in [0.5, 0.6) is 0 Å². The van der Waals surface area contributed by atoms with E-state index in [1.165, 1.54) is 0 Å². The van der Waals surface area contributed by atoms with Crippen LogP contribution in [0.2, 0.25) is 0 Å². The van der Waals surface area contributed by atoms with Crippen LogP contribution in [-0.4, -0.2) is 40.3 Å². The Kier molecular flexibility index (Phi) is 5.04. The van der Waals surface area contributed by atoms with Gasteiger partial charge in [0.1, 0.15) is 6.10 Å². The average molecular weight is 293 g/mol. The first kappa shape index (κ1) is 16.0. The second kappa shape index (κ2) is 6.60. The Labute approximate surface area is 127 Å². The zero-order valence-corrected chi connectivity index (χ0v) is 13.8. The largest absolute Gasteiger partial charge is 0.368 e. The Bertz CT molecular complexity index is 502. The summed E-state index contributed by atoms with van der Waals surface area (Å²) in [5.41, 5.74) is 3.30. The van der Waals surface area contributed by atoms with E-state index in [4.69, 9.17) is 4.74 Å². The molecule has 0 aliphatic carbocycles. The maximum atomic E-state index is 12.4. The van der Waals surface area contributed by atoms with E-state index in [2.05, 4.69) is 25.9 Å². The summed E-state index contributed by atoms with van der Waals surface area (Å²) in [6.07, 6.45) is 2.72. The van der Waals surface area contributed by atoms with Gasteiger partial charge in [-0.1, -0.05) is 0 Å². The van der Waals surface area contributed by atoms with E-state index in [-0.39, 0.29) is 12.0 Å². The van der Waals surface area contributed by atoms with Crippen molar-refractivity contribution in [1.29, 1.82) is 0 Å². The SMILES string of the molecule is Cc1nn(C(C)C)c(C)c1CN(C)C(=O)C1CCCCO1. The number of nitrogens with zero attached hydrogens (tertiary/aromatic N) is 3. The van der Waals surface area contributed by atoms with E-state index in [1.54, 1.807) is 4.90 Å². The van der Waals surface area contributed by atoms with E-state index in [9.17, 15) is 4.79 Å². The molecule has 1 unspecified atom stereocenters. The fraction of sp³-hybridized carbons (Fsp3) is 0.750. The molecule has 5 heteroatoms. The molecule has 0 radical (unpaired) electrons. The van der Waals surface area contributed by atoms with Crippen LogP contribution in [0.1, 0.15) is 56.1 Å². The third kappa shape index (κ3) is 3.46. The highest BCUT2D eigenvalue weighted by Gasteiger charge is 2.26. The van der Waals surface area contributed by atoms with Gasteiger partial charge in [0.25, 0.3) is 5.91 Å². The van der Waals surface area contributed by atoms with Gasteiger partial charge >= 0.3 is 0 Å². The van der Waals surface area contributed by atoms with Gasteiger partial charge in [-0.25, -0.2) is 0 Å². The fourth-order valence-electron chi connectivity index (χ4n) is 2.93. The van der Waals surface area contributed by atoms with Gasteiger partial charge in [-0.2, -0.15) is 5.10 Å². The van der Waals surface area contributed by atoms with Gasteiger partial charge in [0.2, 0.25) is 0 Å². The second-order valence-electron chi connectivity index (χ2n) is 6.24. The predicted molar refractivity (Wildman–Crippen MR) is 82.2 cm³/mol. The number of ether oxygens (including phenoxy) is 1. The van der Waals surface area contributed by atoms with Crippen LogP contribution in [0.25, 0.3) is 0 Å². The summed E-state index contributed by atoms with van der Waals surface area (Å²) >= 11 is 0. The molecule has 118 valence electrons. The molecule has 1 aliphatic rings. The van der Waals surface area contributed by atoms with Gasteiger partial charge in [0.15, 0.2) is 0 Å². The molecule has 1 saturated heterocycles. The molecule has 1 atom stereocenters. The smallest absolute Gasteiger partial charge is 0.251 e. The summed E-state index contributed by atoms with van der Waals surface area (Å²) in [6, 6.07) is 0.333. The lowest BCUT2D eigenvalue weighted by Gasteiger charge is -2.26. The zero-order chi connectivity index (χ0) is 15.6. The van der Waals surface area contributed by atoms with Crippen LogP contribution in [0.15, 0.2) is 0 Å². The van der Waals surface area contributed by atoms with Crippen LogP contribution in [0.3, 0.4) is 0 Å². The van der Waals surface area contributed by atoms with Crippen molar-refractivity contribution in [2.45, 2.75) is 65.6 Å². The lowest BCUT2D eigenvalue weighted by molar-refractivity contribution is -0.145. The fourth-order valence-corrected chi connectivity index (χ4v) is 2.93. The van der Waals surface area contributed by atoms with Gasteiger partial charge in [0.05, 0.1) is 5.69 Å². The number of amides is 1. The number of rotatable bonds is 4. The van der Waals surface area contributed by atoms with Crippen molar-refractivity contribution in [3.8, 4) is 0 Å². The van der Waals surface area contributed by atoms with Crippen LogP contribution in [-0.2, 0) is 16.1 Å². The number of hydrogen-bond donors (Lipinski definition) is 0. The molecule has 21 heavy (non-hydrogen) atoms. The summed E-state index contributed by atoms with van der Waals surface area (Å²) in [5.74, 6) is 0.0887. The lowest BCUT2D eigenvalue weighted by atomic mass is 10.1. The van der Waals surface area contributed by atoms with Crippen molar-refractivity contribution >= 4 is 5.91 Å². The summed E-state index contributed by atoms with van der Waals surface area (Å²) in [4.78, 5) is 14.2. The molecule has 0 saturated carbocycles. The Balaban J connectivity index is 2.08. The molecule has 2 rings (SSSR count). The van der Waals surface area contributed by atoms with E-state index >= 15 is 0 Å². The number of likely N-dealkylation sites (N-methyl/N-ethyl adjacent to an activating group) is 1. The van der Waals surface area contributed by atoms with Crippen molar-refractivity contribution < 1.29 is 9.53 Å². The van der Waals surface area contributed by atoms with Crippen molar-refractivity contribution in [2.75, 3.05) is 13.7 Å². The minimum atomic E-state index is -0.260. The van der Waals surface area contributed by atoms with Gasteiger partial charge in [-0.3, -0.25) is 9.48 Å². The maximum Gasteiger partial charge on any atom is 0.251 e. The number of carbonyl (C=O) groups excluding carboxylic acids is 1. The third-order valence-corrected chi connectivity index (χ3v) is 4.19. The monoisotopic (exact) mass is 293 g/mol. The predicted octanol–water partition coefficient (Wildman–Crippen LogP) is 2.61. The third-order valence-electron chi connectivity index (χ3n) is 4.19. The summed E-state index contributed by atoms with van der Waals surface area (Å²) < 4.78 is 7.62. The van der Waals surface area contributed by atoms with Crippen molar-refractivity contribution in [3.63, 3.8) is 0 Å². The number of carbonyl (C=O) groups is 1. The molecule has 1 amide bonds. The number of aryl methyl sites for hydroxylation is 1. The zero-order valence-electron chi connectivity index (χ0n) is 13.8. The lowest BCUT2D eigenvalue weighted by Crippen LogP contribution is -2.39.